The Hall–Kier alpha value is -3.27. The number of hydrogen-bond donors (Lipinski definition) is 0. The van der Waals surface area contributed by atoms with Crippen molar-refractivity contribution in [2.45, 2.75) is 4.90 Å². The first-order valence-corrected chi connectivity index (χ1v) is 12.8. The molecule has 164 valence electrons. The van der Waals surface area contributed by atoms with E-state index in [0.29, 0.717) is 25.5 Å². The van der Waals surface area contributed by atoms with Crippen molar-refractivity contribution in [3.63, 3.8) is 0 Å². The van der Waals surface area contributed by atoms with E-state index in [2.05, 4.69) is 15.9 Å². The van der Waals surface area contributed by atoms with Gasteiger partial charge >= 0.3 is 4.94 Å². The molecule has 0 bridgehead atoms. The largest absolute Gasteiger partial charge is 0.413 e. The van der Waals surface area contributed by atoms with Crippen LogP contribution in [0.2, 0.25) is 0 Å². The van der Waals surface area contributed by atoms with Crippen LogP contribution in [0, 0.1) is 0 Å². The van der Waals surface area contributed by atoms with E-state index in [4.69, 9.17) is 4.42 Å². The summed E-state index contributed by atoms with van der Waals surface area (Å²) in [6.07, 6.45) is 0. The van der Waals surface area contributed by atoms with E-state index in [1.807, 2.05) is 0 Å². The molecule has 1 heterocycles. The van der Waals surface area contributed by atoms with E-state index in [1.165, 1.54) is 18.2 Å². The van der Waals surface area contributed by atoms with Crippen molar-refractivity contribution in [3.05, 3.63) is 105 Å². The summed E-state index contributed by atoms with van der Waals surface area (Å²) in [7, 11) is -4.31. The molecule has 0 saturated carbocycles. The third-order valence-corrected chi connectivity index (χ3v) is 8.11. The van der Waals surface area contributed by atoms with Gasteiger partial charge in [-0.3, -0.25) is 4.79 Å². The van der Waals surface area contributed by atoms with Crippen LogP contribution in [-0.4, -0.2) is 14.3 Å². The molecule has 33 heavy (non-hydrogen) atoms. The Morgan fingerprint density at radius 1 is 0.879 bits per heavy atom. The van der Waals surface area contributed by atoms with Crippen LogP contribution in [0.3, 0.4) is 0 Å². The molecule has 0 radical (unpaired) electrons. The molecule has 1 aromatic heterocycles. The van der Waals surface area contributed by atoms with Crippen LogP contribution in [-0.2, 0) is 10.0 Å². The summed E-state index contributed by atoms with van der Waals surface area (Å²) in [4.78, 5) is 25.1. The van der Waals surface area contributed by atoms with Gasteiger partial charge in [0.15, 0.2) is 5.58 Å². The van der Waals surface area contributed by atoms with Crippen molar-refractivity contribution in [2.75, 3.05) is 4.31 Å². The number of sulfonamides is 1. The normalized spacial score (nSPS) is 11.7. The first-order chi connectivity index (χ1) is 15.9. The molecule has 0 N–H and O–H groups in total. The van der Waals surface area contributed by atoms with Gasteiger partial charge in [0, 0.05) is 20.8 Å². The minimum Gasteiger partial charge on any atom is -0.413 e. The van der Waals surface area contributed by atoms with Crippen LogP contribution in [0.25, 0.3) is 21.1 Å². The Morgan fingerprint density at radius 3 is 2.21 bits per heavy atom. The average molecular weight is 540 g/mol. The minimum absolute atomic E-state index is 0.0421. The zero-order valence-corrected chi connectivity index (χ0v) is 20.0. The smallest absolute Gasteiger partial charge is 0.396 e. The van der Waals surface area contributed by atoms with Gasteiger partial charge in [-0.15, -0.1) is 0 Å². The predicted octanol–water partition coefficient (Wildman–Crippen LogP) is 5.81. The van der Waals surface area contributed by atoms with Gasteiger partial charge in [0.2, 0.25) is 0 Å². The fourth-order valence-corrected chi connectivity index (χ4v) is 6.01. The molecule has 0 atom stereocenters. The van der Waals surface area contributed by atoms with Gasteiger partial charge in [0.25, 0.3) is 15.9 Å². The van der Waals surface area contributed by atoms with E-state index in [-0.39, 0.29) is 16.1 Å². The zero-order valence-electron chi connectivity index (χ0n) is 16.8. The van der Waals surface area contributed by atoms with Crippen LogP contribution >= 0.6 is 27.3 Å². The molecule has 5 rings (SSSR count). The quantitative estimate of drug-likeness (QED) is 0.288. The summed E-state index contributed by atoms with van der Waals surface area (Å²) in [6, 6.07) is 22.7. The molecule has 0 spiro atoms. The highest BCUT2D eigenvalue weighted by Gasteiger charge is 2.34. The number of carbonyl (C=O) groups is 1. The van der Waals surface area contributed by atoms with Crippen LogP contribution in [0.15, 0.2) is 104 Å². The van der Waals surface area contributed by atoms with Crippen LogP contribution in [0.5, 0.6) is 0 Å². The third kappa shape index (κ3) is 3.78. The van der Waals surface area contributed by atoms with Gasteiger partial charge in [-0.05, 0) is 42.5 Å². The van der Waals surface area contributed by atoms with Gasteiger partial charge in [-0.1, -0.05) is 69.7 Å². The number of nitrogens with zero attached hydrogens (tertiary/aromatic N) is 1. The van der Waals surface area contributed by atoms with Crippen molar-refractivity contribution in [1.82, 2.24) is 0 Å². The van der Waals surface area contributed by atoms with Gasteiger partial charge in [-0.2, -0.15) is 4.31 Å². The molecule has 0 aliphatic heterocycles. The van der Waals surface area contributed by atoms with Crippen LogP contribution in [0.4, 0.5) is 5.69 Å². The standard InChI is InChI=1S/C24H14BrNO5S2/c25-16-10-12-17(13-11-16)33(29,30)26(23(27)15-6-2-1-3-7-15)20-14-21-22(31-24(28)32-21)19-9-5-4-8-18(19)20/h1-14H. The van der Waals surface area contributed by atoms with E-state index in [0.717, 1.165) is 15.6 Å². The SMILES string of the molecule is O=C(c1ccccc1)N(c1cc2sc(=O)oc2c2ccccc12)S(=O)(=O)c1ccc(Br)cc1. The molecule has 6 nitrogen and oxygen atoms in total. The molecule has 0 fully saturated rings. The average Bonchev–Trinajstić information content (AvgIpc) is 3.20. The summed E-state index contributed by atoms with van der Waals surface area (Å²) in [5.74, 6) is -0.709. The first kappa shape index (κ1) is 21.6. The molecule has 9 heteroatoms. The summed E-state index contributed by atoms with van der Waals surface area (Å²) < 4.78 is 35.0. The van der Waals surface area contributed by atoms with E-state index in [9.17, 15) is 18.0 Å². The predicted molar refractivity (Wildman–Crippen MR) is 132 cm³/mol. The van der Waals surface area contributed by atoms with Crippen molar-refractivity contribution >= 4 is 69.9 Å². The van der Waals surface area contributed by atoms with Gasteiger partial charge in [-0.25, -0.2) is 13.2 Å². The number of amides is 1. The molecular formula is C24H14BrNO5S2. The minimum atomic E-state index is -4.31. The third-order valence-electron chi connectivity index (χ3n) is 5.09. The topological polar surface area (TPSA) is 84.7 Å². The number of anilines is 1. The second kappa shape index (κ2) is 8.26. The number of hydrogen-bond acceptors (Lipinski definition) is 6. The molecule has 5 aromatic rings. The van der Waals surface area contributed by atoms with Gasteiger partial charge < -0.3 is 4.42 Å². The van der Waals surface area contributed by atoms with Crippen molar-refractivity contribution in [1.29, 1.82) is 0 Å². The maximum Gasteiger partial charge on any atom is 0.396 e. The number of halogens is 1. The van der Waals surface area contributed by atoms with E-state index >= 15 is 0 Å². The maximum absolute atomic E-state index is 13.9. The summed E-state index contributed by atoms with van der Waals surface area (Å²) in [6.45, 7) is 0. The lowest BCUT2D eigenvalue weighted by atomic mass is 10.1. The maximum atomic E-state index is 13.9. The lowest BCUT2D eigenvalue weighted by molar-refractivity contribution is 0.101. The summed E-state index contributed by atoms with van der Waals surface area (Å²) in [5, 5.41) is 1.01. The zero-order chi connectivity index (χ0) is 23.2. The number of rotatable bonds is 4. The Labute approximate surface area is 200 Å². The fraction of sp³-hybridized carbons (Fsp3) is 0. The lowest BCUT2D eigenvalue weighted by Crippen LogP contribution is -2.37. The molecule has 0 aliphatic carbocycles. The molecule has 0 unspecified atom stereocenters. The lowest BCUT2D eigenvalue weighted by Gasteiger charge is -2.24. The number of benzene rings is 4. The number of carbonyl (C=O) groups excluding carboxylic acids is 1. The summed E-state index contributed by atoms with van der Waals surface area (Å²) in [5.41, 5.74) is 0.715. The van der Waals surface area contributed by atoms with Crippen LogP contribution < -0.4 is 9.24 Å². The second-order valence-electron chi connectivity index (χ2n) is 7.12. The Balaban J connectivity index is 1.85. The van der Waals surface area contributed by atoms with Gasteiger partial charge in [0.05, 0.1) is 15.3 Å². The highest BCUT2D eigenvalue weighted by molar-refractivity contribution is 9.10. The molecule has 4 aromatic carbocycles. The molecular weight excluding hydrogens is 526 g/mol. The number of fused-ring (bicyclic) bond motifs is 3. The van der Waals surface area contributed by atoms with Crippen molar-refractivity contribution in [2.24, 2.45) is 0 Å². The Kier molecular flexibility index (Phi) is 5.40. The highest BCUT2D eigenvalue weighted by Crippen LogP contribution is 2.38. The second-order valence-corrected chi connectivity index (χ2v) is 10.8. The van der Waals surface area contributed by atoms with E-state index in [1.54, 1.807) is 66.7 Å². The Morgan fingerprint density at radius 2 is 1.52 bits per heavy atom. The van der Waals surface area contributed by atoms with Crippen molar-refractivity contribution < 1.29 is 17.6 Å². The molecule has 1 amide bonds. The molecule has 0 saturated heterocycles. The first-order valence-electron chi connectivity index (χ1n) is 9.72. The monoisotopic (exact) mass is 539 g/mol. The molecule has 0 aliphatic rings. The van der Waals surface area contributed by atoms with Crippen molar-refractivity contribution in [3.8, 4) is 0 Å². The van der Waals surface area contributed by atoms with Crippen LogP contribution in [0.1, 0.15) is 10.4 Å². The summed E-state index contributed by atoms with van der Waals surface area (Å²) >= 11 is 4.16. The van der Waals surface area contributed by atoms with E-state index < -0.39 is 20.9 Å². The van der Waals surface area contributed by atoms with Gasteiger partial charge in [0.1, 0.15) is 0 Å². The highest BCUT2D eigenvalue weighted by atomic mass is 79.9. The Bertz CT molecular complexity index is 1670. The fourth-order valence-electron chi connectivity index (χ4n) is 3.61.